The summed E-state index contributed by atoms with van der Waals surface area (Å²) in [6.45, 7) is 3.84. The van der Waals surface area contributed by atoms with Crippen molar-refractivity contribution in [1.29, 1.82) is 0 Å². The molecule has 0 bridgehead atoms. The van der Waals surface area contributed by atoms with E-state index in [0.717, 1.165) is 6.92 Å². The first-order valence-electron chi connectivity index (χ1n) is 2.88. The first-order chi connectivity index (χ1) is 3.81. The van der Waals surface area contributed by atoms with Crippen molar-refractivity contribution in [3.05, 3.63) is 0 Å². The zero-order chi connectivity index (χ0) is 7.71. The van der Waals surface area contributed by atoms with Crippen molar-refractivity contribution < 1.29 is 8.78 Å². The third kappa shape index (κ3) is 1.90. The fourth-order valence-corrected chi connectivity index (χ4v) is 0.219. The Hall–Kier alpha value is -0.180. The van der Waals surface area contributed by atoms with Gasteiger partial charge in [0.2, 0.25) is 0 Å². The zero-order valence-electron chi connectivity index (χ0n) is 6.26. The van der Waals surface area contributed by atoms with Crippen LogP contribution >= 0.6 is 0 Å². The minimum Gasteiger partial charge on any atom is -0.310 e. The Morgan fingerprint density at radius 1 is 1.11 bits per heavy atom. The summed E-state index contributed by atoms with van der Waals surface area (Å²) < 4.78 is 24.9. The number of rotatable bonds is 2. The first kappa shape index (κ1) is 8.82. The van der Waals surface area contributed by atoms with Gasteiger partial charge >= 0.3 is 0 Å². The summed E-state index contributed by atoms with van der Waals surface area (Å²) in [5.74, 6) is -2.66. The van der Waals surface area contributed by atoms with Crippen molar-refractivity contribution in [3.63, 3.8) is 0 Å². The Labute approximate surface area is 54.4 Å². The molecule has 1 N–H and O–H groups in total. The van der Waals surface area contributed by atoms with Crippen molar-refractivity contribution in [2.24, 2.45) is 0 Å². The molecule has 1 nitrogen and oxygen atoms in total. The Morgan fingerprint density at radius 3 is 1.44 bits per heavy atom. The molecule has 0 heterocycles. The lowest BCUT2D eigenvalue weighted by molar-refractivity contribution is -0.0551. The highest BCUT2D eigenvalue weighted by atomic mass is 19.3. The standard InChI is InChI=1S/C6H13F2N/c1-5(2,9-4)6(3,7)8/h9H,1-4H3. The molecule has 0 atom stereocenters. The van der Waals surface area contributed by atoms with Crippen LogP contribution in [0.5, 0.6) is 0 Å². The summed E-state index contributed by atoms with van der Waals surface area (Å²) in [6.07, 6.45) is 0. The van der Waals surface area contributed by atoms with Gasteiger partial charge in [0.05, 0.1) is 5.54 Å². The van der Waals surface area contributed by atoms with Crippen molar-refractivity contribution in [2.75, 3.05) is 7.05 Å². The van der Waals surface area contributed by atoms with Gasteiger partial charge in [-0.05, 0) is 20.9 Å². The molecule has 3 heteroatoms. The van der Waals surface area contributed by atoms with Crippen LogP contribution in [0.4, 0.5) is 8.78 Å². The van der Waals surface area contributed by atoms with Crippen molar-refractivity contribution in [2.45, 2.75) is 32.2 Å². The van der Waals surface area contributed by atoms with Gasteiger partial charge in [0.15, 0.2) is 0 Å². The molecule has 0 aliphatic rings. The molecule has 0 aromatic carbocycles. The largest absolute Gasteiger partial charge is 0.310 e. The third-order valence-electron chi connectivity index (χ3n) is 1.72. The molecule has 0 amide bonds. The SMILES string of the molecule is CNC(C)(C)C(C)(F)F. The van der Waals surface area contributed by atoms with Crippen LogP contribution in [0.25, 0.3) is 0 Å². The smallest absolute Gasteiger partial charge is 0.262 e. The Morgan fingerprint density at radius 2 is 1.44 bits per heavy atom. The summed E-state index contributed by atoms with van der Waals surface area (Å²) in [6, 6.07) is 0. The second-order valence-electron chi connectivity index (χ2n) is 2.76. The normalized spacial score (nSPS) is 14.0. The van der Waals surface area contributed by atoms with Crippen LogP contribution < -0.4 is 5.32 Å². The Balaban J connectivity index is 4.14. The van der Waals surface area contributed by atoms with Gasteiger partial charge in [-0.2, -0.15) is 0 Å². The molecule has 56 valence electrons. The number of halogens is 2. The lowest BCUT2D eigenvalue weighted by atomic mass is 9.98. The molecule has 0 saturated heterocycles. The van der Waals surface area contributed by atoms with Crippen LogP contribution in [0.2, 0.25) is 0 Å². The van der Waals surface area contributed by atoms with Crippen molar-refractivity contribution in [1.82, 2.24) is 5.32 Å². The van der Waals surface area contributed by atoms with E-state index in [1.807, 2.05) is 0 Å². The molecule has 0 aromatic heterocycles. The van der Waals surface area contributed by atoms with E-state index >= 15 is 0 Å². The number of alkyl halides is 2. The van der Waals surface area contributed by atoms with Gasteiger partial charge in [-0.15, -0.1) is 0 Å². The van der Waals surface area contributed by atoms with Crippen LogP contribution in [0.1, 0.15) is 20.8 Å². The average molecular weight is 137 g/mol. The molecule has 0 aliphatic carbocycles. The lowest BCUT2D eigenvalue weighted by Crippen LogP contribution is -2.50. The molecule has 0 spiro atoms. The Kier molecular flexibility index (Phi) is 2.17. The molecule has 0 unspecified atom stereocenters. The predicted octanol–water partition coefficient (Wildman–Crippen LogP) is 1.64. The Bertz CT molecular complexity index is 93.7. The summed E-state index contributed by atoms with van der Waals surface area (Å²) in [4.78, 5) is 0. The first-order valence-corrected chi connectivity index (χ1v) is 2.88. The van der Waals surface area contributed by atoms with E-state index in [2.05, 4.69) is 5.32 Å². The van der Waals surface area contributed by atoms with E-state index in [1.165, 1.54) is 20.9 Å². The number of hydrogen-bond acceptors (Lipinski definition) is 1. The molecule has 0 saturated carbocycles. The van der Waals surface area contributed by atoms with Gasteiger partial charge in [0, 0.05) is 6.92 Å². The van der Waals surface area contributed by atoms with E-state index in [0.29, 0.717) is 0 Å². The van der Waals surface area contributed by atoms with Crippen molar-refractivity contribution in [3.8, 4) is 0 Å². The third-order valence-corrected chi connectivity index (χ3v) is 1.72. The highest BCUT2D eigenvalue weighted by molar-refractivity contribution is 4.87. The van der Waals surface area contributed by atoms with Crippen LogP contribution in [-0.2, 0) is 0 Å². The average Bonchev–Trinajstić information content (AvgIpc) is 1.64. The molecule has 0 aliphatic heterocycles. The maximum atomic E-state index is 12.4. The minimum atomic E-state index is -2.66. The monoisotopic (exact) mass is 137 g/mol. The maximum absolute atomic E-state index is 12.4. The topological polar surface area (TPSA) is 12.0 Å². The van der Waals surface area contributed by atoms with Crippen LogP contribution in [0, 0.1) is 0 Å². The van der Waals surface area contributed by atoms with Crippen LogP contribution in [-0.4, -0.2) is 18.5 Å². The summed E-state index contributed by atoms with van der Waals surface area (Å²) in [5.41, 5.74) is -1.10. The highest BCUT2D eigenvalue weighted by Gasteiger charge is 2.40. The molecule has 0 fully saturated rings. The minimum absolute atomic E-state index is 0.906. The lowest BCUT2D eigenvalue weighted by Gasteiger charge is -2.30. The van der Waals surface area contributed by atoms with E-state index in [1.54, 1.807) is 0 Å². The highest BCUT2D eigenvalue weighted by Crippen LogP contribution is 2.26. The fraction of sp³-hybridized carbons (Fsp3) is 1.00. The van der Waals surface area contributed by atoms with Gasteiger partial charge in [-0.3, -0.25) is 0 Å². The molecule has 0 radical (unpaired) electrons. The van der Waals surface area contributed by atoms with E-state index in [9.17, 15) is 8.78 Å². The number of hydrogen-bond donors (Lipinski definition) is 1. The van der Waals surface area contributed by atoms with E-state index in [-0.39, 0.29) is 0 Å². The van der Waals surface area contributed by atoms with Gasteiger partial charge in [-0.25, -0.2) is 8.78 Å². The van der Waals surface area contributed by atoms with E-state index in [4.69, 9.17) is 0 Å². The molecule has 0 rings (SSSR count). The quantitative estimate of drug-likeness (QED) is 0.610. The summed E-state index contributed by atoms with van der Waals surface area (Å²) in [7, 11) is 1.53. The van der Waals surface area contributed by atoms with Crippen LogP contribution in [0.15, 0.2) is 0 Å². The summed E-state index contributed by atoms with van der Waals surface area (Å²) >= 11 is 0. The molecule has 9 heavy (non-hydrogen) atoms. The second-order valence-corrected chi connectivity index (χ2v) is 2.76. The fourth-order valence-electron chi connectivity index (χ4n) is 0.219. The maximum Gasteiger partial charge on any atom is 0.262 e. The van der Waals surface area contributed by atoms with Crippen molar-refractivity contribution >= 4 is 0 Å². The molecular weight excluding hydrogens is 124 g/mol. The summed E-state index contributed by atoms with van der Waals surface area (Å²) in [5, 5.41) is 2.53. The van der Waals surface area contributed by atoms with Crippen LogP contribution in [0.3, 0.4) is 0 Å². The zero-order valence-corrected chi connectivity index (χ0v) is 6.26. The van der Waals surface area contributed by atoms with E-state index < -0.39 is 11.5 Å². The van der Waals surface area contributed by atoms with Gasteiger partial charge in [0.1, 0.15) is 0 Å². The van der Waals surface area contributed by atoms with Gasteiger partial charge < -0.3 is 5.32 Å². The molecule has 0 aromatic rings. The predicted molar refractivity (Wildman–Crippen MR) is 33.8 cm³/mol. The number of nitrogens with one attached hydrogen (secondary N) is 1. The van der Waals surface area contributed by atoms with Gasteiger partial charge in [0.25, 0.3) is 5.92 Å². The second kappa shape index (κ2) is 2.21. The van der Waals surface area contributed by atoms with Gasteiger partial charge in [-0.1, -0.05) is 0 Å². The molecular formula is C6H13F2N.